The average molecular weight is 367 g/mol. The van der Waals surface area contributed by atoms with Crippen LogP contribution in [0.25, 0.3) is 0 Å². The van der Waals surface area contributed by atoms with Crippen molar-refractivity contribution in [3.8, 4) is 0 Å². The first-order chi connectivity index (χ1) is 13.3. The summed E-state index contributed by atoms with van der Waals surface area (Å²) in [6.07, 6.45) is 8.22. The van der Waals surface area contributed by atoms with Gasteiger partial charge in [0.2, 0.25) is 5.91 Å². The highest BCUT2D eigenvalue weighted by atomic mass is 16.2. The fraction of sp³-hybridized carbons (Fsp3) is 0.571. The van der Waals surface area contributed by atoms with Crippen molar-refractivity contribution in [1.29, 1.82) is 0 Å². The summed E-state index contributed by atoms with van der Waals surface area (Å²) in [5, 5.41) is 4.16. The van der Waals surface area contributed by atoms with E-state index in [1.54, 1.807) is 12.7 Å². The Morgan fingerprint density at radius 2 is 1.78 bits per heavy atom. The van der Waals surface area contributed by atoms with Crippen molar-refractivity contribution in [1.82, 2.24) is 24.6 Å². The van der Waals surface area contributed by atoms with E-state index in [1.165, 1.54) is 31.2 Å². The molecule has 1 amide bonds. The summed E-state index contributed by atoms with van der Waals surface area (Å²) < 4.78 is 1.86. The largest absolute Gasteiger partial charge is 0.340 e. The van der Waals surface area contributed by atoms with Gasteiger partial charge in [0.1, 0.15) is 12.7 Å². The molecule has 4 rings (SSSR count). The number of amides is 1. The second-order valence-electron chi connectivity index (χ2n) is 7.76. The zero-order valence-electron chi connectivity index (χ0n) is 15.9. The number of benzene rings is 1. The van der Waals surface area contributed by atoms with E-state index < -0.39 is 0 Å². The molecule has 1 aliphatic heterocycles. The highest BCUT2D eigenvalue weighted by Gasteiger charge is 2.35. The van der Waals surface area contributed by atoms with Crippen LogP contribution in [0.3, 0.4) is 0 Å². The van der Waals surface area contributed by atoms with E-state index in [4.69, 9.17) is 0 Å². The van der Waals surface area contributed by atoms with Crippen molar-refractivity contribution in [3.05, 3.63) is 48.5 Å². The summed E-state index contributed by atoms with van der Waals surface area (Å²) in [6.45, 7) is 5.33. The van der Waals surface area contributed by atoms with Crippen LogP contribution in [0.1, 0.15) is 37.2 Å². The lowest BCUT2D eigenvalue weighted by Crippen LogP contribution is -2.51. The van der Waals surface area contributed by atoms with Crippen molar-refractivity contribution in [2.45, 2.75) is 38.1 Å². The molecule has 1 atom stereocenters. The molecule has 0 bridgehead atoms. The van der Waals surface area contributed by atoms with Crippen LogP contribution in [0.15, 0.2) is 43.0 Å². The molecule has 1 saturated carbocycles. The second-order valence-corrected chi connectivity index (χ2v) is 7.76. The Morgan fingerprint density at radius 1 is 1.04 bits per heavy atom. The second kappa shape index (κ2) is 8.65. The van der Waals surface area contributed by atoms with Gasteiger partial charge in [-0.05, 0) is 24.3 Å². The third kappa shape index (κ3) is 4.38. The third-order valence-corrected chi connectivity index (χ3v) is 6.09. The Kier molecular flexibility index (Phi) is 5.82. The molecule has 6 nitrogen and oxygen atoms in total. The summed E-state index contributed by atoms with van der Waals surface area (Å²) in [7, 11) is 0. The first-order valence-electron chi connectivity index (χ1n) is 10.2. The van der Waals surface area contributed by atoms with Gasteiger partial charge >= 0.3 is 0 Å². The molecule has 1 aliphatic carbocycles. The van der Waals surface area contributed by atoms with Gasteiger partial charge in [0.15, 0.2) is 0 Å². The van der Waals surface area contributed by atoms with E-state index in [1.807, 2.05) is 10.7 Å². The minimum absolute atomic E-state index is 0.0374. The molecule has 27 heavy (non-hydrogen) atoms. The lowest BCUT2D eigenvalue weighted by molar-refractivity contribution is -0.136. The Balaban J connectivity index is 1.36. The summed E-state index contributed by atoms with van der Waals surface area (Å²) >= 11 is 0. The van der Waals surface area contributed by atoms with Crippen LogP contribution in [-0.2, 0) is 11.3 Å². The van der Waals surface area contributed by atoms with Gasteiger partial charge in [0.25, 0.3) is 0 Å². The molecule has 1 aromatic heterocycles. The van der Waals surface area contributed by atoms with Gasteiger partial charge in [-0.15, -0.1) is 0 Å². The lowest BCUT2D eigenvalue weighted by atomic mass is 9.83. The van der Waals surface area contributed by atoms with Gasteiger partial charge in [-0.2, -0.15) is 5.10 Å². The van der Waals surface area contributed by atoms with Crippen LogP contribution in [0.5, 0.6) is 0 Å². The molecule has 1 saturated heterocycles. The monoisotopic (exact) mass is 367 g/mol. The molecule has 0 radical (unpaired) electrons. The first-order valence-corrected chi connectivity index (χ1v) is 10.2. The topological polar surface area (TPSA) is 54.3 Å². The number of piperazine rings is 1. The van der Waals surface area contributed by atoms with Crippen LogP contribution in [0.4, 0.5) is 0 Å². The minimum atomic E-state index is 0.0374. The van der Waals surface area contributed by atoms with Crippen LogP contribution >= 0.6 is 0 Å². The molecule has 2 heterocycles. The van der Waals surface area contributed by atoms with Crippen molar-refractivity contribution in [2.24, 2.45) is 5.92 Å². The number of hydrogen-bond acceptors (Lipinski definition) is 4. The van der Waals surface area contributed by atoms with Crippen LogP contribution < -0.4 is 0 Å². The number of hydrogen-bond donors (Lipinski definition) is 0. The van der Waals surface area contributed by atoms with E-state index in [2.05, 4.69) is 44.1 Å². The maximum atomic E-state index is 13.4. The van der Waals surface area contributed by atoms with E-state index in [9.17, 15) is 4.79 Å². The van der Waals surface area contributed by atoms with Gasteiger partial charge in [-0.1, -0.05) is 43.2 Å². The molecule has 2 aliphatic rings. The number of carbonyl (C=O) groups is 1. The van der Waals surface area contributed by atoms with E-state index >= 15 is 0 Å². The van der Waals surface area contributed by atoms with Crippen molar-refractivity contribution < 1.29 is 4.79 Å². The number of nitrogens with zero attached hydrogens (tertiary/aromatic N) is 5. The highest BCUT2D eigenvalue weighted by molar-refractivity contribution is 5.84. The number of rotatable bonds is 6. The summed E-state index contributed by atoms with van der Waals surface area (Å²) in [5.41, 5.74) is 1.20. The standard InChI is InChI=1S/C21H29N5O/c27-21(20(19-8-4-5-9-19)18-6-2-1-3-7-18)25-13-10-24(11-14-25)12-15-26-17-22-16-23-26/h1-3,6-7,16-17,19-20H,4-5,8-15H2. The zero-order valence-corrected chi connectivity index (χ0v) is 15.9. The van der Waals surface area contributed by atoms with Gasteiger partial charge < -0.3 is 4.90 Å². The molecule has 1 aromatic carbocycles. The molecule has 0 N–H and O–H groups in total. The maximum absolute atomic E-state index is 13.4. The molecule has 6 heteroatoms. The van der Waals surface area contributed by atoms with Crippen molar-refractivity contribution in [2.75, 3.05) is 32.7 Å². The van der Waals surface area contributed by atoms with Crippen LogP contribution in [-0.4, -0.2) is 63.2 Å². The summed E-state index contributed by atoms with van der Waals surface area (Å²) in [5.74, 6) is 0.879. The smallest absolute Gasteiger partial charge is 0.230 e. The highest BCUT2D eigenvalue weighted by Crippen LogP contribution is 2.38. The Labute approximate surface area is 161 Å². The van der Waals surface area contributed by atoms with E-state index in [-0.39, 0.29) is 5.92 Å². The molecule has 2 fully saturated rings. The Morgan fingerprint density at radius 3 is 2.44 bits per heavy atom. The molecular formula is C21H29N5O. The normalized spacial score (nSPS) is 20.1. The molecule has 144 valence electrons. The molecule has 1 unspecified atom stereocenters. The van der Waals surface area contributed by atoms with Crippen LogP contribution in [0, 0.1) is 5.92 Å². The Hall–Kier alpha value is -2.21. The molecule has 2 aromatic rings. The fourth-order valence-corrected chi connectivity index (χ4v) is 4.55. The predicted molar refractivity (Wildman–Crippen MR) is 104 cm³/mol. The van der Waals surface area contributed by atoms with E-state index in [0.29, 0.717) is 11.8 Å². The summed E-state index contributed by atoms with van der Waals surface area (Å²) in [6, 6.07) is 10.4. The van der Waals surface area contributed by atoms with Crippen molar-refractivity contribution >= 4 is 5.91 Å². The van der Waals surface area contributed by atoms with Gasteiger partial charge in [0.05, 0.1) is 12.5 Å². The zero-order chi connectivity index (χ0) is 18.5. The maximum Gasteiger partial charge on any atom is 0.230 e. The third-order valence-electron chi connectivity index (χ3n) is 6.09. The number of carbonyl (C=O) groups excluding carboxylic acids is 1. The quantitative estimate of drug-likeness (QED) is 0.787. The van der Waals surface area contributed by atoms with Crippen molar-refractivity contribution in [3.63, 3.8) is 0 Å². The minimum Gasteiger partial charge on any atom is -0.340 e. The predicted octanol–water partition coefficient (Wildman–Crippen LogP) is 2.40. The Bertz CT molecular complexity index is 703. The van der Waals surface area contributed by atoms with Gasteiger partial charge in [0, 0.05) is 32.7 Å². The lowest BCUT2D eigenvalue weighted by Gasteiger charge is -2.37. The van der Waals surface area contributed by atoms with E-state index in [0.717, 1.165) is 39.3 Å². The number of aromatic nitrogens is 3. The summed E-state index contributed by atoms with van der Waals surface area (Å²) in [4.78, 5) is 21.9. The SMILES string of the molecule is O=C(C(c1ccccc1)C1CCCC1)N1CCN(CCn2cncn2)CC1. The molecular weight excluding hydrogens is 338 g/mol. The average Bonchev–Trinajstić information content (AvgIpc) is 3.42. The first kappa shape index (κ1) is 18.2. The fourth-order valence-electron chi connectivity index (χ4n) is 4.55. The molecule has 0 spiro atoms. The van der Waals surface area contributed by atoms with Crippen LogP contribution in [0.2, 0.25) is 0 Å². The van der Waals surface area contributed by atoms with Gasteiger partial charge in [-0.25, -0.2) is 4.98 Å². The van der Waals surface area contributed by atoms with Gasteiger partial charge in [-0.3, -0.25) is 14.4 Å².